The van der Waals surface area contributed by atoms with Crippen LogP contribution in [-0.4, -0.2) is 34.3 Å². The van der Waals surface area contributed by atoms with Crippen molar-refractivity contribution in [3.8, 4) is 5.75 Å². The highest BCUT2D eigenvalue weighted by atomic mass is 16.3. The number of phenolic OH excluding ortho intramolecular Hbond substituents is 1. The van der Waals surface area contributed by atoms with Gasteiger partial charge in [-0.15, -0.1) is 0 Å². The van der Waals surface area contributed by atoms with Crippen molar-refractivity contribution in [2.24, 2.45) is 13.0 Å². The Morgan fingerprint density at radius 1 is 1.03 bits per heavy atom. The first kappa shape index (κ1) is 19.9. The summed E-state index contributed by atoms with van der Waals surface area (Å²) in [5.74, 6) is 1.13. The van der Waals surface area contributed by atoms with Gasteiger partial charge in [0.15, 0.2) is 0 Å². The van der Waals surface area contributed by atoms with Crippen molar-refractivity contribution in [1.29, 1.82) is 0 Å². The van der Waals surface area contributed by atoms with Crippen molar-refractivity contribution in [2.45, 2.75) is 37.5 Å². The lowest BCUT2D eigenvalue weighted by Crippen LogP contribution is -2.34. The molecule has 5 nitrogen and oxygen atoms in total. The molecule has 0 amide bonds. The summed E-state index contributed by atoms with van der Waals surface area (Å²) in [4.78, 5) is 13.4. The first-order valence-corrected chi connectivity index (χ1v) is 11.2. The number of hydrogen-bond donors (Lipinski definition) is 1. The van der Waals surface area contributed by atoms with Crippen LogP contribution >= 0.6 is 0 Å². The van der Waals surface area contributed by atoms with E-state index in [9.17, 15) is 9.90 Å². The van der Waals surface area contributed by atoms with Crippen molar-refractivity contribution >= 4 is 12.0 Å². The molecule has 1 aromatic heterocycles. The molecule has 31 heavy (non-hydrogen) atoms. The molecular weight excluding hydrogens is 386 g/mol. The minimum Gasteiger partial charge on any atom is -0.508 e. The molecule has 1 aliphatic carbocycles. The summed E-state index contributed by atoms with van der Waals surface area (Å²) in [6.07, 6.45) is 6.85. The van der Waals surface area contributed by atoms with Crippen LogP contribution in [0.25, 0.3) is 0 Å². The average Bonchev–Trinajstić information content (AvgIpc) is 3.24. The molecule has 5 heteroatoms. The monoisotopic (exact) mass is 415 g/mol. The van der Waals surface area contributed by atoms with Crippen molar-refractivity contribution in [2.75, 3.05) is 18.0 Å². The van der Waals surface area contributed by atoms with E-state index in [4.69, 9.17) is 0 Å². The molecule has 160 valence electrons. The molecule has 5 rings (SSSR count). The fourth-order valence-corrected chi connectivity index (χ4v) is 5.47. The number of aldehydes is 1. The van der Waals surface area contributed by atoms with E-state index in [0.29, 0.717) is 11.7 Å². The van der Waals surface area contributed by atoms with E-state index in [1.54, 1.807) is 0 Å². The van der Waals surface area contributed by atoms with Gasteiger partial charge in [-0.2, -0.15) is 5.10 Å². The van der Waals surface area contributed by atoms with E-state index in [0.717, 1.165) is 45.1 Å². The maximum atomic E-state index is 11.1. The van der Waals surface area contributed by atoms with Crippen molar-refractivity contribution in [3.63, 3.8) is 0 Å². The molecule has 0 saturated carbocycles. The number of anilines is 1. The predicted octanol–water partition coefficient (Wildman–Crippen LogP) is 4.40. The standard InChI is InChI=1S/C26H29N3O2/c1-28-25(10-13-27-28)24-8-4-20-16-22(31)7-9-23(20)26(24)19-2-5-21(6-3-19)29-14-11-18(17-30)12-15-29/h2-3,5-7,9-10,13,16-18,24,26,31H,4,8,11-12,14-15H2,1H3/t24-,26-/m1/s1. The maximum Gasteiger partial charge on any atom is 0.123 e. The van der Waals surface area contributed by atoms with E-state index in [1.807, 2.05) is 30.1 Å². The van der Waals surface area contributed by atoms with Gasteiger partial charge in [-0.25, -0.2) is 0 Å². The Labute approximate surface area is 183 Å². The zero-order valence-electron chi connectivity index (χ0n) is 17.9. The summed E-state index contributed by atoms with van der Waals surface area (Å²) in [7, 11) is 2.02. The molecule has 0 spiro atoms. The average molecular weight is 416 g/mol. The predicted molar refractivity (Wildman–Crippen MR) is 122 cm³/mol. The number of aromatic hydroxyl groups is 1. The number of fused-ring (bicyclic) bond motifs is 1. The molecule has 2 aliphatic rings. The summed E-state index contributed by atoms with van der Waals surface area (Å²) < 4.78 is 1.99. The van der Waals surface area contributed by atoms with Crippen LogP contribution in [0.5, 0.6) is 5.75 Å². The lowest BCUT2D eigenvalue weighted by Gasteiger charge is -2.35. The lowest BCUT2D eigenvalue weighted by atomic mass is 9.70. The van der Waals surface area contributed by atoms with E-state index < -0.39 is 0 Å². The van der Waals surface area contributed by atoms with Crippen LogP contribution in [0.3, 0.4) is 0 Å². The number of hydrogen-bond acceptors (Lipinski definition) is 4. The van der Waals surface area contributed by atoms with E-state index >= 15 is 0 Å². The molecule has 1 N–H and O–H groups in total. The highest BCUT2D eigenvalue weighted by Gasteiger charge is 2.33. The minimum atomic E-state index is 0.213. The normalized spacial score (nSPS) is 21.6. The smallest absolute Gasteiger partial charge is 0.123 e. The quantitative estimate of drug-likeness (QED) is 0.642. The van der Waals surface area contributed by atoms with Gasteiger partial charge >= 0.3 is 0 Å². The summed E-state index contributed by atoms with van der Waals surface area (Å²) >= 11 is 0. The van der Waals surface area contributed by atoms with Crippen LogP contribution in [0, 0.1) is 5.92 Å². The lowest BCUT2D eigenvalue weighted by molar-refractivity contribution is -0.111. The number of phenols is 1. The van der Waals surface area contributed by atoms with Crippen LogP contribution < -0.4 is 4.90 Å². The Hall–Kier alpha value is -3.08. The van der Waals surface area contributed by atoms with Crippen molar-refractivity contribution in [3.05, 3.63) is 77.1 Å². The topological polar surface area (TPSA) is 58.4 Å². The Morgan fingerprint density at radius 3 is 2.48 bits per heavy atom. The van der Waals surface area contributed by atoms with Crippen LogP contribution in [0.4, 0.5) is 5.69 Å². The minimum absolute atomic E-state index is 0.213. The largest absolute Gasteiger partial charge is 0.508 e. The molecule has 0 radical (unpaired) electrons. The second-order valence-electron chi connectivity index (χ2n) is 8.94. The molecule has 0 bridgehead atoms. The maximum absolute atomic E-state index is 11.1. The number of nitrogens with zero attached hydrogens (tertiary/aromatic N) is 3. The molecule has 2 heterocycles. The van der Waals surface area contributed by atoms with Crippen LogP contribution in [0.1, 0.15) is 53.5 Å². The van der Waals surface area contributed by atoms with Gasteiger partial charge in [0, 0.05) is 55.5 Å². The Balaban J connectivity index is 1.48. The molecule has 1 saturated heterocycles. The molecule has 3 aromatic rings. The molecule has 2 atom stereocenters. The van der Waals surface area contributed by atoms with Gasteiger partial charge in [0.1, 0.15) is 12.0 Å². The SMILES string of the molecule is Cn1nccc1[C@H]1CCc2cc(O)ccc2[C@H]1c1ccc(N2CCC(C=O)CC2)cc1. The van der Waals surface area contributed by atoms with Crippen LogP contribution in [0.2, 0.25) is 0 Å². The van der Waals surface area contributed by atoms with Crippen LogP contribution in [-0.2, 0) is 18.3 Å². The second kappa shape index (κ2) is 8.22. The van der Waals surface area contributed by atoms with Gasteiger partial charge in [-0.1, -0.05) is 18.2 Å². The highest BCUT2D eigenvalue weighted by molar-refractivity contribution is 5.56. The van der Waals surface area contributed by atoms with Gasteiger partial charge in [0.2, 0.25) is 0 Å². The van der Waals surface area contributed by atoms with Crippen molar-refractivity contribution in [1.82, 2.24) is 9.78 Å². The number of carbonyl (C=O) groups excluding carboxylic acids is 1. The third-order valence-corrected chi connectivity index (χ3v) is 7.18. The number of benzene rings is 2. The fourth-order valence-electron chi connectivity index (χ4n) is 5.47. The number of piperidine rings is 1. The summed E-state index contributed by atoms with van der Waals surface area (Å²) in [6.45, 7) is 1.87. The molecule has 1 aliphatic heterocycles. The third-order valence-electron chi connectivity index (χ3n) is 7.18. The second-order valence-corrected chi connectivity index (χ2v) is 8.94. The first-order chi connectivity index (χ1) is 15.1. The van der Waals surface area contributed by atoms with Gasteiger partial charge < -0.3 is 14.8 Å². The first-order valence-electron chi connectivity index (χ1n) is 11.2. The number of carbonyl (C=O) groups is 1. The van der Waals surface area contributed by atoms with Gasteiger partial charge in [0.05, 0.1) is 0 Å². The molecule has 0 unspecified atom stereocenters. The zero-order chi connectivity index (χ0) is 21.4. The van der Waals surface area contributed by atoms with Gasteiger partial charge in [-0.05, 0) is 72.7 Å². The molecular formula is C26H29N3O2. The van der Waals surface area contributed by atoms with Gasteiger partial charge in [0.25, 0.3) is 0 Å². The summed E-state index contributed by atoms with van der Waals surface area (Å²) in [6, 6.07) is 16.9. The molecule has 1 fully saturated rings. The summed E-state index contributed by atoms with van der Waals surface area (Å²) in [5, 5.41) is 14.4. The van der Waals surface area contributed by atoms with E-state index in [1.165, 1.54) is 28.1 Å². The molecule has 2 aromatic carbocycles. The number of aryl methyl sites for hydroxylation is 2. The number of aromatic nitrogens is 2. The Morgan fingerprint density at radius 2 is 1.81 bits per heavy atom. The third kappa shape index (κ3) is 3.73. The van der Waals surface area contributed by atoms with E-state index in [2.05, 4.69) is 46.4 Å². The van der Waals surface area contributed by atoms with Crippen molar-refractivity contribution < 1.29 is 9.90 Å². The highest BCUT2D eigenvalue weighted by Crippen LogP contribution is 2.47. The Kier molecular flexibility index (Phi) is 5.26. The number of rotatable bonds is 4. The van der Waals surface area contributed by atoms with Gasteiger partial charge in [-0.3, -0.25) is 4.68 Å². The zero-order valence-corrected chi connectivity index (χ0v) is 17.9. The fraction of sp³-hybridized carbons (Fsp3) is 0.385. The summed E-state index contributed by atoms with van der Waals surface area (Å²) in [5.41, 5.74) is 6.32. The van der Waals surface area contributed by atoms with E-state index in [-0.39, 0.29) is 11.8 Å². The Bertz CT molecular complexity index is 1060. The van der Waals surface area contributed by atoms with Crippen LogP contribution in [0.15, 0.2) is 54.7 Å².